The highest BCUT2D eigenvalue weighted by Crippen LogP contribution is 2.30. The first-order valence-electron chi connectivity index (χ1n) is 8.94. The first-order chi connectivity index (χ1) is 12.3. The van der Waals surface area contributed by atoms with E-state index in [1.165, 1.54) is 43.4 Å². The lowest BCUT2D eigenvalue weighted by molar-refractivity contribution is 0.421. The number of thiophene rings is 1. The molecule has 25 heavy (non-hydrogen) atoms. The van der Waals surface area contributed by atoms with Crippen molar-refractivity contribution in [3.63, 3.8) is 0 Å². The van der Waals surface area contributed by atoms with Gasteiger partial charge in [-0.2, -0.15) is 0 Å². The molecule has 0 amide bonds. The molecule has 132 valence electrons. The molecule has 7 heteroatoms. The van der Waals surface area contributed by atoms with E-state index in [-0.39, 0.29) is 0 Å². The van der Waals surface area contributed by atoms with Gasteiger partial charge in [-0.25, -0.2) is 9.97 Å². The summed E-state index contributed by atoms with van der Waals surface area (Å²) < 4.78 is 4.97. The Balaban J connectivity index is 1.50. The summed E-state index contributed by atoms with van der Waals surface area (Å²) in [4.78, 5) is 11.2. The molecular weight excluding hydrogens is 334 g/mol. The first-order valence-corrected chi connectivity index (χ1v) is 9.76. The molecule has 1 saturated carbocycles. The van der Waals surface area contributed by atoms with E-state index < -0.39 is 0 Å². The fourth-order valence-electron chi connectivity index (χ4n) is 3.35. The fourth-order valence-corrected chi connectivity index (χ4v) is 4.29. The van der Waals surface area contributed by atoms with Crippen LogP contribution in [0.25, 0.3) is 10.2 Å². The summed E-state index contributed by atoms with van der Waals surface area (Å²) in [5.41, 5.74) is 1.01. The molecule has 0 aliphatic heterocycles. The number of aromatic nitrogens is 3. The fraction of sp³-hybridized carbons (Fsp3) is 0.500. The van der Waals surface area contributed by atoms with Gasteiger partial charge in [0.2, 0.25) is 0 Å². The maximum Gasteiger partial charge on any atom is 0.172 e. The van der Waals surface area contributed by atoms with E-state index in [2.05, 4.69) is 31.8 Å². The van der Waals surface area contributed by atoms with Crippen molar-refractivity contribution in [3.05, 3.63) is 29.1 Å². The molecule has 1 aliphatic carbocycles. The van der Waals surface area contributed by atoms with E-state index in [1.807, 2.05) is 6.92 Å². The summed E-state index contributed by atoms with van der Waals surface area (Å²) in [6.07, 6.45) is 11.1. The van der Waals surface area contributed by atoms with E-state index in [0.29, 0.717) is 12.6 Å². The smallest absolute Gasteiger partial charge is 0.172 e. The van der Waals surface area contributed by atoms with Gasteiger partial charge in [-0.05, 0) is 25.8 Å². The van der Waals surface area contributed by atoms with Crippen molar-refractivity contribution in [2.24, 2.45) is 0 Å². The molecule has 3 heterocycles. The van der Waals surface area contributed by atoms with E-state index >= 15 is 0 Å². The summed E-state index contributed by atoms with van der Waals surface area (Å²) in [6, 6.07) is 2.71. The highest BCUT2D eigenvalue weighted by Gasteiger charge is 2.15. The monoisotopic (exact) mass is 357 g/mol. The normalized spacial score (nSPS) is 16.0. The van der Waals surface area contributed by atoms with Gasteiger partial charge in [-0.15, -0.1) is 11.3 Å². The van der Waals surface area contributed by atoms with E-state index in [1.54, 1.807) is 23.9 Å². The van der Waals surface area contributed by atoms with E-state index in [4.69, 9.17) is 4.52 Å². The average molecular weight is 357 g/mol. The van der Waals surface area contributed by atoms with Crippen LogP contribution in [-0.2, 0) is 6.54 Å². The van der Waals surface area contributed by atoms with Gasteiger partial charge >= 0.3 is 0 Å². The summed E-state index contributed by atoms with van der Waals surface area (Å²) in [7, 11) is 0. The number of hydrogen-bond acceptors (Lipinski definition) is 7. The van der Waals surface area contributed by atoms with E-state index in [0.717, 1.165) is 27.4 Å². The third kappa shape index (κ3) is 3.76. The number of nitrogens with zero attached hydrogens (tertiary/aromatic N) is 3. The number of fused-ring (bicyclic) bond motifs is 1. The Morgan fingerprint density at radius 1 is 1.16 bits per heavy atom. The zero-order valence-electron chi connectivity index (χ0n) is 14.4. The van der Waals surface area contributed by atoms with Crippen molar-refractivity contribution in [2.45, 2.75) is 58.0 Å². The van der Waals surface area contributed by atoms with Crippen LogP contribution >= 0.6 is 11.3 Å². The zero-order valence-corrected chi connectivity index (χ0v) is 15.2. The Hall–Kier alpha value is -2.15. The predicted octanol–water partition coefficient (Wildman–Crippen LogP) is 4.73. The van der Waals surface area contributed by atoms with Crippen LogP contribution in [0.2, 0.25) is 0 Å². The van der Waals surface area contributed by atoms with Crippen molar-refractivity contribution < 1.29 is 4.52 Å². The minimum atomic E-state index is 0.528. The highest BCUT2D eigenvalue weighted by molar-refractivity contribution is 7.18. The summed E-state index contributed by atoms with van der Waals surface area (Å²) in [6.45, 7) is 2.68. The van der Waals surface area contributed by atoms with Gasteiger partial charge < -0.3 is 15.2 Å². The topological polar surface area (TPSA) is 75.9 Å². The molecule has 0 atom stereocenters. The predicted molar refractivity (Wildman–Crippen MR) is 101 cm³/mol. The molecule has 0 saturated heterocycles. The molecule has 1 fully saturated rings. The first kappa shape index (κ1) is 16.3. The SMILES string of the molecule is Cc1conc1NCc1cc2c(NC3CCCCCC3)ncnc2s1. The second-order valence-electron chi connectivity index (χ2n) is 6.69. The lowest BCUT2D eigenvalue weighted by Crippen LogP contribution is -2.19. The second kappa shape index (κ2) is 7.39. The van der Waals surface area contributed by atoms with Crippen LogP contribution in [0.5, 0.6) is 0 Å². The van der Waals surface area contributed by atoms with E-state index in [9.17, 15) is 0 Å². The third-order valence-electron chi connectivity index (χ3n) is 4.75. The molecule has 6 nitrogen and oxygen atoms in total. The second-order valence-corrected chi connectivity index (χ2v) is 7.80. The minimum absolute atomic E-state index is 0.528. The van der Waals surface area contributed by atoms with Gasteiger partial charge in [-0.3, -0.25) is 0 Å². The van der Waals surface area contributed by atoms with Crippen LogP contribution in [-0.4, -0.2) is 21.2 Å². The Bertz CT molecular complexity index is 835. The van der Waals surface area contributed by atoms with Gasteiger partial charge in [0.1, 0.15) is 23.2 Å². The van der Waals surface area contributed by atoms with Crippen LogP contribution < -0.4 is 10.6 Å². The lowest BCUT2D eigenvalue weighted by Gasteiger charge is -2.17. The Morgan fingerprint density at radius 2 is 2.00 bits per heavy atom. The van der Waals surface area contributed by atoms with Crippen molar-refractivity contribution in [2.75, 3.05) is 10.6 Å². The third-order valence-corrected chi connectivity index (χ3v) is 5.80. The maximum absolute atomic E-state index is 4.97. The quantitative estimate of drug-likeness (QED) is 0.643. The molecular formula is C18H23N5OS. The standard InChI is InChI=1S/C18H23N5OS/c1-12-10-24-23-16(12)19-9-14-8-15-17(20-11-21-18(15)25-14)22-13-6-4-2-3-5-7-13/h8,10-11,13H,2-7,9H2,1H3,(H,19,23)(H,20,21,22). The summed E-state index contributed by atoms with van der Waals surface area (Å²) >= 11 is 1.69. The highest BCUT2D eigenvalue weighted by atomic mass is 32.1. The lowest BCUT2D eigenvalue weighted by atomic mass is 10.1. The van der Waals surface area contributed by atoms with Crippen LogP contribution in [0.15, 0.2) is 23.2 Å². The van der Waals surface area contributed by atoms with Gasteiger partial charge in [-0.1, -0.05) is 30.8 Å². The number of nitrogens with one attached hydrogen (secondary N) is 2. The number of hydrogen-bond donors (Lipinski definition) is 2. The van der Waals surface area contributed by atoms with Crippen molar-refractivity contribution in [1.29, 1.82) is 0 Å². The molecule has 4 rings (SSSR count). The Morgan fingerprint density at radius 3 is 2.76 bits per heavy atom. The Labute approximate surface area is 151 Å². The molecule has 0 radical (unpaired) electrons. The Kier molecular flexibility index (Phi) is 4.83. The molecule has 0 aromatic carbocycles. The van der Waals surface area contributed by atoms with Crippen LogP contribution in [0.1, 0.15) is 49.0 Å². The molecule has 1 aliphatic rings. The molecule has 2 N–H and O–H groups in total. The van der Waals surface area contributed by atoms with Crippen molar-refractivity contribution in [3.8, 4) is 0 Å². The van der Waals surface area contributed by atoms with Crippen LogP contribution in [0, 0.1) is 6.92 Å². The van der Waals surface area contributed by atoms with Gasteiger partial charge in [0, 0.05) is 16.5 Å². The van der Waals surface area contributed by atoms with Crippen LogP contribution in [0.3, 0.4) is 0 Å². The zero-order chi connectivity index (χ0) is 17.1. The number of rotatable bonds is 5. The summed E-state index contributed by atoms with van der Waals surface area (Å²) in [5.74, 6) is 1.76. The largest absolute Gasteiger partial charge is 0.367 e. The molecule has 0 spiro atoms. The molecule has 0 unspecified atom stereocenters. The van der Waals surface area contributed by atoms with Crippen molar-refractivity contribution in [1.82, 2.24) is 15.1 Å². The van der Waals surface area contributed by atoms with Crippen molar-refractivity contribution >= 4 is 33.2 Å². The molecule has 3 aromatic heterocycles. The van der Waals surface area contributed by atoms with Crippen LogP contribution in [0.4, 0.5) is 11.6 Å². The van der Waals surface area contributed by atoms with Gasteiger partial charge in [0.05, 0.1) is 11.9 Å². The molecule has 0 bridgehead atoms. The minimum Gasteiger partial charge on any atom is -0.367 e. The number of anilines is 2. The summed E-state index contributed by atoms with van der Waals surface area (Å²) in [5, 5.41) is 12.1. The number of aryl methyl sites for hydroxylation is 1. The average Bonchev–Trinajstić information content (AvgIpc) is 3.12. The van der Waals surface area contributed by atoms with Gasteiger partial charge in [0.15, 0.2) is 5.82 Å². The van der Waals surface area contributed by atoms with Gasteiger partial charge in [0.25, 0.3) is 0 Å². The maximum atomic E-state index is 4.97. The molecule has 3 aromatic rings.